The predicted octanol–water partition coefficient (Wildman–Crippen LogP) is 3.30. The van der Waals surface area contributed by atoms with Crippen LogP contribution in [-0.4, -0.2) is 29.0 Å². The second kappa shape index (κ2) is 8.65. The van der Waals surface area contributed by atoms with E-state index in [1.165, 1.54) is 12.1 Å². The lowest BCUT2D eigenvalue weighted by atomic mass is 10.2. The van der Waals surface area contributed by atoms with Crippen molar-refractivity contribution in [2.75, 3.05) is 11.9 Å². The van der Waals surface area contributed by atoms with Crippen molar-refractivity contribution >= 4 is 23.5 Å². The number of primary amides is 1. The topological polar surface area (TPSA) is 103 Å². The van der Waals surface area contributed by atoms with Gasteiger partial charge in [0.05, 0.1) is 5.56 Å². The Morgan fingerprint density at radius 3 is 2.33 bits per heavy atom. The maximum Gasteiger partial charge on any atom is 0.340 e. The summed E-state index contributed by atoms with van der Waals surface area (Å²) in [6, 6.07) is 15.8. The molecular formula is C23H23N3O4. The van der Waals surface area contributed by atoms with Gasteiger partial charge in [0.15, 0.2) is 6.61 Å². The second-order valence-electron chi connectivity index (χ2n) is 7.03. The number of hydrogen-bond acceptors (Lipinski definition) is 4. The van der Waals surface area contributed by atoms with Crippen LogP contribution in [-0.2, 0) is 9.53 Å². The third kappa shape index (κ3) is 4.57. The van der Waals surface area contributed by atoms with Crippen molar-refractivity contribution < 1.29 is 19.1 Å². The van der Waals surface area contributed by atoms with E-state index < -0.39 is 24.4 Å². The van der Waals surface area contributed by atoms with Gasteiger partial charge in [-0.2, -0.15) is 0 Å². The lowest BCUT2D eigenvalue weighted by Gasteiger charge is -2.11. The van der Waals surface area contributed by atoms with E-state index in [-0.39, 0.29) is 0 Å². The number of anilines is 1. The summed E-state index contributed by atoms with van der Waals surface area (Å²) in [6.45, 7) is 5.33. The Bertz CT molecular complexity index is 1110. The minimum Gasteiger partial charge on any atom is -0.452 e. The molecule has 0 aliphatic rings. The molecule has 0 saturated carbocycles. The van der Waals surface area contributed by atoms with Crippen LogP contribution in [0.5, 0.6) is 0 Å². The van der Waals surface area contributed by atoms with Crippen LogP contribution in [0.3, 0.4) is 0 Å². The molecule has 1 aromatic heterocycles. The Morgan fingerprint density at radius 1 is 1.00 bits per heavy atom. The fraction of sp³-hybridized carbons (Fsp3) is 0.174. The molecule has 0 bridgehead atoms. The Labute approximate surface area is 174 Å². The first-order valence-corrected chi connectivity index (χ1v) is 9.39. The highest BCUT2D eigenvalue weighted by Crippen LogP contribution is 2.22. The molecule has 30 heavy (non-hydrogen) atoms. The summed E-state index contributed by atoms with van der Waals surface area (Å²) >= 11 is 0. The molecule has 1 heterocycles. The van der Waals surface area contributed by atoms with E-state index in [0.717, 1.165) is 22.6 Å². The van der Waals surface area contributed by atoms with E-state index in [9.17, 15) is 14.4 Å². The number of amides is 2. The summed E-state index contributed by atoms with van der Waals surface area (Å²) in [7, 11) is 0. The molecule has 0 aliphatic carbocycles. The molecular weight excluding hydrogens is 382 g/mol. The molecule has 0 atom stereocenters. The zero-order valence-electron chi connectivity index (χ0n) is 17.1. The molecule has 0 aliphatic heterocycles. The lowest BCUT2D eigenvalue weighted by molar-refractivity contribution is -0.119. The van der Waals surface area contributed by atoms with E-state index in [1.54, 1.807) is 18.2 Å². The van der Waals surface area contributed by atoms with Gasteiger partial charge in [0.2, 0.25) is 5.91 Å². The molecule has 0 unspecified atom stereocenters. The number of nitrogens with one attached hydrogen (secondary N) is 1. The second-order valence-corrected chi connectivity index (χ2v) is 7.03. The number of hydrogen-bond donors (Lipinski definition) is 2. The lowest BCUT2D eigenvalue weighted by Crippen LogP contribution is -2.21. The van der Waals surface area contributed by atoms with E-state index in [2.05, 4.69) is 5.32 Å². The van der Waals surface area contributed by atoms with Crippen LogP contribution in [0.1, 0.15) is 37.7 Å². The molecule has 154 valence electrons. The Morgan fingerprint density at radius 2 is 1.70 bits per heavy atom. The van der Waals surface area contributed by atoms with Crippen molar-refractivity contribution in [2.45, 2.75) is 20.8 Å². The summed E-state index contributed by atoms with van der Waals surface area (Å²) < 4.78 is 7.17. The number of ether oxygens (including phenoxy) is 1. The predicted molar refractivity (Wildman–Crippen MR) is 114 cm³/mol. The fourth-order valence-electron chi connectivity index (χ4n) is 3.26. The van der Waals surface area contributed by atoms with Crippen molar-refractivity contribution in [3.05, 3.63) is 82.7 Å². The van der Waals surface area contributed by atoms with Gasteiger partial charge in [-0.3, -0.25) is 9.59 Å². The number of nitrogens with zero attached hydrogens (tertiary/aromatic N) is 1. The number of nitrogens with two attached hydrogens (primary N) is 1. The van der Waals surface area contributed by atoms with Crippen molar-refractivity contribution in [3.63, 3.8) is 0 Å². The average molecular weight is 405 g/mol. The Kier molecular flexibility index (Phi) is 6.01. The van der Waals surface area contributed by atoms with Gasteiger partial charge in [0.1, 0.15) is 0 Å². The van der Waals surface area contributed by atoms with Gasteiger partial charge in [-0.1, -0.05) is 12.1 Å². The summed E-state index contributed by atoms with van der Waals surface area (Å²) in [5, 5.41) is 2.60. The molecule has 2 amide bonds. The minimum absolute atomic E-state index is 0.336. The largest absolute Gasteiger partial charge is 0.452 e. The number of esters is 1. The zero-order valence-corrected chi connectivity index (χ0v) is 17.1. The van der Waals surface area contributed by atoms with Gasteiger partial charge in [-0.25, -0.2) is 4.79 Å². The molecule has 3 rings (SSSR count). The summed E-state index contributed by atoms with van der Waals surface area (Å²) in [4.78, 5) is 35.7. The SMILES string of the molecule is Cc1cccc(-n2c(C)cc(C(=O)OCC(=O)Nc3ccc(C(N)=O)cc3)c2C)c1. The van der Waals surface area contributed by atoms with Gasteiger partial charge in [0, 0.05) is 28.3 Å². The molecule has 3 aromatic rings. The maximum absolute atomic E-state index is 12.5. The van der Waals surface area contributed by atoms with Gasteiger partial charge in [0.25, 0.3) is 5.91 Å². The number of rotatable bonds is 6. The summed E-state index contributed by atoms with van der Waals surface area (Å²) in [6.07, 6.45) is 0. The molecule has 7 nitrogen and oxygen atoms in total. The number of carbonyl (C=O) groups is 3. The van der Waals surface area contributed by atoms with Gasteiger partial charge < -0.3 is 20.4 Å². The van der Waals surface area contributed by atoms with Gasteiger partial charge in [-0.05, 0) is 68.8 Å². The molecule has 2 aromatic carbocycles. The first-order valence-electron chi connectivity index (χ1n) is 9.39. The van der Waals surface area contributed by atoms with Crippen LogP contribution in [0.2, 0.25) is 0 Å². The highest BCUT2D eigenvalue weighted by atomic mass is 16.5. The third-order valence-corrected chi connectivity index (χ3v) is 4.70. The Hall–Kier alpha value is -3.87. The normalized spacial score (nSPS) is 10.5. The molecule has 7 heteroatoms. The Balaban J connectivity index is 1.65. The zero-order chi connectivity index (χ0) is 21.8. The smallest absolute Gasteiger partial charge is 0.340 e. The van der Waals surface area contributed by atoms with E-state index in [1.807, 2.05) is 49.6 Å². The number of aryl methyl sites for hydroxylation is 2. The highest BCUT2D eigenvalue weighted by molar-refractivity contribution is 5.97. The van der Waals surface area contributed by atoms with Crippen LogP contribution in [0, 0.1) is 20.8 Å². The number of aromatic nitrogens is 1. The highest BCUT2D eigenvalue weighted by Gasteiger charge is 2.19. The van der Waals surface area contributed by atoms with E-state index in [4.69, 9.17) is 10.5 Å². The molecule has 0 spiro atoms. The number of benzene rings is 2. The van der Waals surface area contributed by atoms with E-state index in [0.29, 0.717) is 16.8 Å². The monoisotopic (exact) mass is 405 g/mol. The third-order valence-electron chi connectivity index (χ3n) is 4.70. The van der Waals surface area contributed by atoms with Crippen LogP contribution in [0.4, 0.5) is 5.69 Å². The first-order chi connectivity index (χ1) is 14.3. The van der Waals surface area contributed by atoms with Crippen LogP contribution >= 0.6 is 0 Å². The van der Waals surface area contributed by atoms with Crippen molar-refractivity contribution in [3.8, 4) is 5.69 Å². The molecule has 0 radical (unpaired) electrons. The van der Waals surface area contributed by atoms with Crippen LogP contribution < -0.4 is 11.1 Å². The van der Waals surface area contributed by atoms with Gasteiger partial charge >= 0.3 is 5.97 Å². The fourth-order valence-corrected chi connectivity index (χ4v) is 3.26. The molecule has 0 saturated heterocycles. The van der Waals surface area contributed by atoms with Crippen LogP contribution in [0.15, 0.2) is 54.6 Å². The van der Waals surface area contributed by atoms with E-state index >= 15 is 0 Å². The molecule has 3 N–H and O–H groups in total. The van der Waals surface area contributed by atoms with Crippen molar-refractivity contribution in [1.82, 2.24) is 4.57 Å². The average Bonchev–Trinajstić information content (AvgIpc) is 3.00. The first kappa shape index (κ1) is 20.9. The van der Waals surface area contributed by atoms with Crippen LogP contribution in [0.25, 0.3) is 5.69 Å². The van der Waals surface area contributed by atoms with Crippen molar-refractivity contribution in [1.29, 1.82) is 0 Å². The summed E-state index contributed by atoms with van der Waals surface area (Å²) in [5.41, 5.74) is 10.1. The maximum atomic E-state index is 12.5. The summed E-state index contributed by atoms with van der Waals surface area (Å²) in [5.74, 6) is -1.60. The van der Waals surface area contributed by atoms with Gasteiger partial charge in [-0.15, -0.1) is 0 Å². The quantitative estimate of drug-likeness (QED) is 0.614. The minimum atomic E-state index is -0.568. The standard InChI is InChI=1S/C23H23N3O4/c1-14-5-4-6-19(11-14)26-15(2)12-20(16(26)3)23(29)30-13-21(27)25-18-9-7-17(8-10-18)22(24)28/h4-12H,13H2,1-3H3,(H2,24,28)(H,25,27). The van der Waals surface area contributed by atoms with Crippen molar-refractivity contribution in [2.24, 2.45) is 5.73 Å². The molecule has 0 fully saturated rings. The number of carbonyl (C=O) groups excluding carboxylic acids is 3.